The summed E-state index contributed by atoms with van der Waals surface area (Å²) >= 11 is 5.92. The molecule has 10 heteroatoms. The van der Waals surface area contributed by atoms with Crippen molar-refractivity contribution in [1.29, 1.82) is 5.26 Å². The standard InChI is InChI=1S/C21H15ClF2N4O3/c1-28(21(30)26-11-2-3-14(22)10(4-11)7-25)18-9-31-8-17-19(18)12-5-15(23)16(24)6-13(12)20(29)27-17/h2-6,18H,8-9H2,1H3,(H,26,30)(H,27,29)/t18-/m0/s1. The normalized spacial score (nSPS) is 15.3. The Kier molecular flexibility index (Phi) is 5.35. The number of anilines is 1. The molecule has 2 heterocycles. The Bertz CT molecular complexity index is 1320. The molecule has 2 aromatic carbocycles. The van der Waals surface area contributed by atoms with Gasteiger partial charge in [-0.2, -0.15) is 5.26 Å². The zero-order valence-corrected chi connectivity index (χ0v) is 16.9. The molecule has 0 bridgehead atoms. The minimum atomic E-state index is -1.14. The molecule has 0 radical (unpaired) electrons. The number of benzene rings is 2. The fourth-order valence-electron chi connectivity index (χ4n) is 3.59. The molecule has 1 atom stereocenters. The predicted molar refractivity (Wildman–Crippen MR) is 110 cm³/mol. The van der Waals surface area contributed by atoms with E-state index in [2.05, 4.69) is 10.3 Å². The Labute approximate surface area is 179 Å². The summed E-state index contributed by atoms with van der Waals surface area (Å²) in [4.78, 5) is 29.2. The number of ether oxygens (including phenoxy) is 1. The van der Waals surface area contributed by atoms with E-state index < -0.39 is 29.3 Å². The highest BCUT2D eigenvalue weighted by Crippen LogP contribution is 2.34. The average Bonchev–Trinajstić information content (AvgIpc) is 2.75. The van der Waals surface area contributed by atoms with Crippen molar-refractivity contribution in [3.05, 3.63) is 74.2 Å². The number of halogens is 3. The summed E-state index contributed by atoms with van der Waals surface area (Å²) < 4.78 is 33.2. The monoisotopic (exact) mass is 444 g/mol. The summed E-state index contributed by atoms with van der Waals surface area (Å²) in [6.07, 6.45) is 0. The molecule has 2 N–H and O–H groups in total. The maximum atomic E-state index is 14.0. The summed E-state index contributed by atoms with van der Waals surface area (Å²) in [5.74, 6) is -2.23. The molecule has 2 amide bonds. The third-order valence-electron chi connectivity index (χ3n) is 5.17. The van der Waals surface area contributed by atoms with Crippen molar-refractivity contribution in [2.45, 2.75) is 12.6 Å². The van der Waals surface area contributed by atoms with Crippen LogP contribution in [0.5, 0.6) is 0 Å². The molecule has 1 aliphatic heterocycles. The van der Waals surface area contributed by atoms with Crippen LogP contribution >= 0.6 is 11.6 Å². The first-order chi connectivity index (χ1) is 14.8. The van der Waals surface area contributed by atoms with Gasteiger partial charge in [0, 0.05) is 24.0 Å². The van der Waals surface area contributed by atoms with Crippen molar-refractivity contribution in [1.82, 2.24) is 9.88 Å². The lowest BCUT2D eigenvalue weighted by Gasteiger charge is -2.33. The van der Waals surface area contributed by atoms with Crippen LogP contribution in [-0.2, 0) is 11.3 Å². The summed E-state index contributed by atoms with van der Waals surface area (Å²) in [6.45, 7) is 0.148. The number of H-pyrrole nitrogens is 1. The van der Waals surface area contributed by atoms with Crippen LogP contribution in [0.4, 0.5) is 19.3 Å². The molecule has 1 aliphatic rings. The molecule has 1 aromatic heterocycles. The molecule has 0 fully saturated rings. The third-order valence-corrected chi connectivity index (χ3v) is 5.50. The number of carbonyl (C=O) groups excluding carboxylic acids is 1. The van der Waals surface area contributed by atoms with Crippen LogP contribution < -0.4 is 10.9 Å². The number of hydrogen-bond acceptors (Lipinski definition) is 4. The maximum Gasteiger partial charge on any atom is 0.322 e. The van der Waals surface area contributed by atoms with E-state index in [1.165, 1.54) is 24.1 Å². The molecular weight excluding hydrogens is 430 g/mol. The Balaban J connectivity index is 1.73. The summed E-state index contributed by atoms with van der Waals surface area (Å²) in [5, 5.41) is 12.2. The van der Waals surface area contributed by atoms with Crippen molar-refractivity contribution >= 4 is 34.1 Å². The van der Waals surface area contributed by atoms with Gasteiger partial charge in [-0.1, -0.05) is 11.6 Å². The van der Waals surface area contributed by atoms with Gasteiger partial charge in [0.1, 0.15) is 6.07 Å². The molecule has 158 valence electrons. The van der Waals surface area contributed by atoms with Crippen molar-refractivity contribution < 1.29 is 18.3 Å². The fraction of sp³-hybridized carbons (Fsp3) is 0.190. The summed E-state index contributed by atoms with van der Waals surface area (Å²) in [5.41, 5.74) is 0.849. The number of amides is 2. The number of hydrogen-bond donors (Lipinski definition) is 2. The lowest BCUT2D eigenvalue weighted by molar-refractivity contribution is 0.0527. The number of nitrogens with zero attached hydrogens (tertiary/aromatic N) is 2. The third kappa shape index (κ3) is 3.71. The first-order valence-corrected chi connectivity index (χ1v) is 9.53. The minimum Gasteiger partial charge on any atom is -0.373 e. The topological polar surface area (TPSA) is 98.2 Å². The highest BCUT2D eigenvalue weighted by molar-refractivity contribution is 6.31. The van der Waals surface area contributed by atoms with Crippen LogP contribution in [0.25, 0.3) is 10.8 Å². The lowest BCUT2D eigenvalue weighted by atomic mass is 9.95. The van der Waals surface area contributed by atoms with Crippen LogP contribution in [0.2, 0.25) is 5.02 Å². The first kappa shape index (κ1) is 20.8. The average molecular weight is 445 g/mol. The smallest absolute Gasteiger partial charge is 0.322 e. The van der Waals surface area contributed by atoms with Crippen molar-refractivity contribution in [2.75, 3.05) is 19.0 Å². The van der Waals surface area contributed by atoms with Crippen LogP contribution in [0.15, 0.2) is 35.1 Å². The number of aromatic nitrogens is 1. The number of aromatic amines is 1. The Morgan fingerprint density at radius 1 is 1.29 bits per heavy atom. The largest absolute Gasteiger partial charge is 0.373 e. The van der Waals surface area contributed by atoms with E-state index in [1.54, 1.807) is 6.07 Å². The molecule has 4 rings (SSSR count). The van der Waals surface area contributed by atoms with Gasteiger partial charge in [0.25, 0.3) is 5.56 Å². The molecule has 3 aromatic rings. The Hall–Kier alpha value is -3.48. The maximum absolute atomic E-state index is 14.0. The van der Waals surface area contributed by atoms with E-state index in [4.69, 9.17) is 21.6 Å². The van der Waals surface area contributed by atoms with Gasteiger partial charge in [-0.05, 0) is 35.7 Å². The highest BCUT2D eigenvalue weighted by Gasteiger charge is 2.31. The summed E-state index contributed by atoms with van der Waals surface area (Å²) in [6, 6.07) is 6.99. The van der Waals surface area contributed by atoms with E-state index >= 15 is 0 Å². The van der Waals surface area contributed by atoms with Gasteiger partial charge < -0.3 is 19.9 Å². The van der Waals surface area contributed by atoms with Crippen molar-refractivity contribution in [3.63, 3.8) is 0 Å². The molecule has 0 spiro atoms. The highest BCUT2D eigenvalue weighted by atomic mass is 35.5. The number of rotatable bonds is 2. The van der Waals surface area contributed by atoms with E-state index in [-0.39, 0.29) is 34.6 Å². The zero-order chi connectivity index (χ0) is 22.3. The molecule has 0 saturated heterocycles. The van der Waals surface area contributed by atoms with Crippen molar-refractivity contribution in [3.8, 4) is 6.07 Å². The van der Waals surface area contributed by atoms with Gasteiger partial charge in [0.2, 0.25) is 0 Å². The van der Waals surface area contributed by atoms with E-state index in [9.17, 15) is 18.4 Å². The predicted octanol–water partition coefficient (Wildman–Crippen LogP) is 4.07. The van der Waals surface area contributed by atoms with Gasteiger partial charge >= 0.3 is 6.03 Å². The first-order valence-electron chi connectivity index (χ1n) is 9.15. The van der Waals surface area contributed by atoms with E-state index in [0.717, 1.165) is 12.1 Å². The van der Waals surface area contributed by atoms with Gasteiger partial charge in [-0.3, -0.25) is 4.79 Å². The quantitative estimate of drug-likeness (QED) is 0.622. The van der Waals surface area contributed by atoms with Gasteiger partial charge in [0.15, 0.2) is 11.6 Å². The number of nitriles is 1. The second-order valence-corrected chi connectivity index (χ2v) is 7.44. The molecular formula is C21H15ClF2N4O3. The SMILES string of the molecule is CN(C(=O)Nc1ccc(Cl)c(C#N)c1)[C@H]1COCc2[nH]c(=O)c3cc(F)c(F)cc3c21. The second-order valence-electron chi connectivity index (χ2n) is 7.04. The molecule has 7 nitrogen and oxygen atoms in total. The molecule has 0 saturated carbocycles. The van der Waals surface area contributed by atoms with Crippen LogP contribution in [0.3, 0.4) is 0 Å². The summed E-state index contributed by atoms with van der Waals surface area (Å²) in [7, 11) is 1.51. The van der Waals surface area contributed by atoms with Gasteiger partial charge in [0.05, 0.1) is 35.2 Å². The van der Waals surface area contributed by atoms with E-state index in [1.807, 2.05) is 6.07 Å². The number of carbonyl (C=O) groups is 1. The minimum absolute atomic E-state index is 0.0188. The van der Waals surface area contributed by atoms with Crippen LogP contribution in [-0.4, -0.2) is 29.6 Å². The fourth-order valence-corrected chi connectivity index (χ4v) is 3.75. The Morgan fingerprint density at radius 2 is 2.00 bits per heavy atom. The number of nitrogens with one attached hydrogen (secondary N) is 2. The number of likely N-dealkylation sites (N-methyl/N-ethyl adjacent to an activating group) is 1. The molecule has 31 heavy (non-hydrogen) atoms. The van der Waals surface area contributed by atoms with Crippen LogP contribution in [0.1, 0.15) is 22.9 Å². The van der Waals surface area contributed by atoms with Crippen LogP contribution in [0, 0.1) is 23.0 Å². The zero-order valence-electron chi connectivity index (χ0n) is 16.1. The van der Waals surface area contributed by atoms with Gasteiger partial charge in [-0.15, -0.1) is 0 Å². The number of fused-ring (bicyclic) bond motifs is 3. The second kappa shape index (κ2) is 7.98. The van der Waals surface area contributed by atoms with E-state index in [0.29, 0.717) is 16.9 Å². The molecule has 0 aliphatic carbocycles. The Morgan fingerprint density at radius 3 is 2.71 bits per heavy atom. The molecule has 0 unspecified atom stereocenters. The lowest BCUT2D eigenvalue weighted by Crippen LogP contribution is -2.39. The van der Waals surface area contributed by atoms with Crippen molar-refractivity contribution in [2.24, 2.45) is 0 Å². The van der Waals surface area contributed by atoms with Gasteiger partial charge in [-0.25, -0.2) is 13.6 Å². The number of urea groups is 1. The number of pyridine rings is 1.